The molecule has 2 rings (SSSR count). The first-order chi connectivity index (χ1) is 8.68. The Kier molecular flexibility index (Phi) is 4.49. The van der Waals surface area contributed by atoms with Gasteiger partial charge in [0.1, 0.15) is 5.82 Å². The lowest BCUT2D eigenvalue weighted by atomic mass is 10.1. The molecule has 2 N–H and O–H groups in total. The molecule has 5 heteroatoms. The lowest BCUT2D eigenvalue weighted by molar-refractivity contribution is 0.0955. The van der Waals surface area contributed by atoms with Crippen LogP contribution in [0.15, 0.2) is 34.3 Å². The first-order valence-corrected chi connectivity index (χ1v) is 6.58. The van der Waals surface area contributed by atoms with Crippen molar-refractivity contribution in [1.29, 1.82) is 0 Å². The molecule has 1 heterocycles. The van der Waals surface area contributed by atoms with E-state index in [0.29, 0.717) is 12.1 Å². The largest absolute Gasteiger partial charge is 0.348 e. The minimum absolute atomic E-state index is 0.210. The normalized spacial score (nSPS) is 15.1. The maximum absolute atomic E-state index is 13.3. The fraction of sp³-hybridized carbons (Fsp3) is 0.308. The van der Waals surface area contributed by atoms with Gasteiger partial charge in [-0.15, -0.1) is 0 Å². The third kappa shape index (κ3) is 3.17. The number of carbonyl (C=O) groups excluding carboxylic acids is 1. The van der Waals surface area contributed by atoms with Gasteiger partial charge in [-0.3, -0.25) is 4.79 Å². The summed E-state index contributed by atoms with van der Waals surface area (Å²) in [5.74, 6) is -0.690. The highest BCUT2D eigenvalue weighted by atomic mass is 79.9. The zero-order chi connectivity index (χ0) is 13.0. The average Bonchev–Trinajstić information content (AvgIpc) is 2.40. The van der Waals surface area contributed by atoms with E-state index in [1.807, 2.05) is 0 Å². The highest BCUT2D eigenvalue weighted by Gasteiger charge is 2.13. The van der Waals surface area contributed by atoms with Gasteiger partial charge >= 0.3 is 0 Å². The van der Waals surface area contributed by atoms with Crippen molar-refractivity contribution >= 4 is 21.8 Å². The molecule has 3 nitrogen and oxygen atoms in total. The van der Waals surface area contributed by atoms with Crippen LogP contribution in [0.25, 0.3) is 0 Å². The second-order valence-corrected chi connectivity index (χ2v) is 4.89. The Morgan fingerprint density at radius 3 is 3.06 bits per heavy atom. The summed E-state index contributed by atoms with van der Waals surface area (Å²) in [5, 5.41) is 6.01. The van der Waals surface area contributed by atoms with Crippen molar-refractivity contribution in [3.05, 3.63) is 45.7 Å². The molecule has 1 aliphatic rings. The topological polar surface area (TPSA) is 41.1 Å². The number of rotatable bonds is 3. The van der Waals surface area contributed by atoms with Crippen molar-refractivity contribution in [1.82, 2.24) is 10.6 Å². The first-order valence-electron chi connectivity index (χ1n) is 5.79. The van der Waals surface area contributed by atoms with Crippen LogP contribution in [0.1, 0.15) is 16.8 Å². The second kappa shape index (κ2) is 6.11. The molecule has 0 radical (unpaired) electrons. The summed E-state index contributed by atoms with van der Waals surface area (Å²) < 4.78 is 13.5. The number of hydrogen-bond acceptors (Lipinski definition) is 2. The van der Waals surface area contributed by atoms with E-state index in [-0.39, 0.29) is 10.4 Å². The molecular formula is C13H14BrFN2O. The predicted octanol–water partition coefficient (Wildman–Crippen LogP) is 2.24. The second-order valence-electron chi connectivity index (χ2n) is 4.10. The summed E-state index contributed by atoms with van der Waals surface area (Å²) in [6.07, 6.45) is 3.01. The third-order valence-corrected chi connectivity index (χ3v) is 3.64. The van der Waals surface area contributed by atoms with Crippen LogP contribution in [0.3, 0.4) is 0 Å². The van der Waals surface area contributed by atoms with Crippen LogP contribution < -0.4 is 10.6 Å². The van der Waals surface area contributed by atoms with E-state index in [2.05, 4.69) is 32.6 Å². The summed E-state index contributed by atoms with van der Waals surface area (Å²) in [7, 11) is 0. The highest BCUT2D eigenvalue weighted by molar-refractivity contribution is 9.10. The van der Waals surface area contributed by atoms with Gasteiger partial charge in [0.15, 0.2) is 0 Å². The molecule has 0 atom stereocenters. The monoisotopic (exact) mass is 312 g/mol. The van der Waals surface area contributed by atoms with Gasteiger partial charge in [0.25, 0.3) is 5.91 Å². The fourth-order valence-corrected chi connectivity index (χ4v) is 2.24. The number of amides is 1. The molecule has 0 fully saturated rings. The van der Waals surface area contributed by atoms with E-state index in [1.165, 1.54) is 17.7 Å². The Morgan fingerprint density at radius 1 is 1.50 bits per heavy atom. The SMILES string of the molecule is O=C(NCC1=CCNCC1)c1cccc(F)c1Br. The van der Waals surface area contributed by atoms with E-state index < -0.39 is 5.82 Å². The average molecular weight is 313 g/mol. The van der Waals surface area contributed by atoms with Gasteiger partial charge in [-0.05, 0) is 41.0 Å². The third-order valence-electron chi connectivity index (χ3n) is 2.83. The van der Waals surface area contributed by atoms with E-state index >= 15 is 0 Å². The molecule has 1 aromatic rings. The Balaban J connectivity index is 1.99. The van der Waals surface area contributed by atoms with Crippen molar-refractivity contribution in [2.45, 2.75) is 6.42 Å². The molecule has 1 amide bonds. The summed E-state index contributed by atoms with van der Waals surface area (Å²) in [4.78, 5) is 11.9. The maximum atomic E-state index is 13.3. The molecule has 0 aromatic heterocycles. The van der Waals surface area contributed by atoms with E-state index in [1.54, 1.807) is 6.07 Å². The zero-order valence-corrected chi connectivity index (χ0v) is 11.4. The minimum Gasteiger partial charge on any atom is -0.348 e. The van der Waals surface area contributed by atoms with Crippen LogP contribution >= 0.6 is 15.9 Å². The molecule has 0 unspecified atom stereocenters. The Morgan fingerprint density at radius 2 is 2.33 bits per heavy atom. The molecule has 0 bridgehead atoms. The highest BCUT2D eigenvalue weighted by Crippen LogP contribution is 2.20. The maximum Gasteiger partial charge on any atom is 0.252 e. The molecule has 96 valence electrons. The van der Waals surface area contributed by atoms with Crippen LogP contribution in [-0.4, -0.2) is 25.5 Å². The van der Waals surface area contributed by atoms with Crippen molar-refractivity contribution < 1.29 is 9.18 Å². The molecule has 0 saturated carbocycles. The number of hydrogen-bond donors (Lipinski definition) is 2. The molecular weight excluding hydrogens is 299 g/mol. The van der Waals surface area contributed by atoms with Gasteiger partial charge in [-0.25, -0.2) is 4.39 Å². The van der Waals surface area contributed by atoms with Crippen molar-refractivity contribution in [2.24, 2.45) is 0 Å². The molecule has 1 aliphatic heterocycles. The molecule has 0 aliphatic carbocycles. The van der Waals surface area contributed by atoms with Gasteiger partial charge < -0.3 is 10.6 Å². The number of carbonyl (C=O) groups is 1. The van der Waals surface area contributed by atoms with Gasteiger partial charge in [0, 0.05) is 13.1 Å². The summed E-state index contributed by atoms with van der Waals surface area (Å²) in [6, 6.07) is 4.44. The van der Waals surface area contributed by atoms with Gasteiger partial charge in [0.2, 0.25) is 0 Å². The lowest BCUT2D eigenvalue weighted by Gasteiger charge is -2.15. The van der Waals surface area contributed by atoms with Crippen molar-refractivity contribution in [3.8, 4) is 0 Å². The lowest BCUT2D eigenvalue weighted by Crippen LogP contribution is -2.29. The Hall–Kier alpha value is -1.20. The van der Waals surface area contributed by atoms with Crippen LogP contribution in [0, 0.1) is 5.82 Å². The van der Waals surface area contributed by atoms with Crippen molar-refractivity contribution in [2.75, 3.05) is 19.6 Å². The molecule has 0 saturated heterocycles. The number of halogens is 2. The zero-order valence-electron chi connectivity index (χ0n) is 9.80. The number of nitrogens with one attached hydrogen (secondary N) is 2. The van der Waals surface area contributed by atoms with Crippen LogP contribution in [0.4, 0.5) is 4.39 Å². The minimum atomic E-state index is -0.427. The van der Waals surface area contributed by atoms with E-state index in [0.717, 1.165) is 19.5 Å². The molecule has 1 aromatic carbocycles. The van der Waals surface area contributed by atoms with Crippen LogP contribution in [-0.2, 0) is 0 Å². The summed E-state index contributed by atoms with van der Waals surface area (Å²) in [6.45, 7) is 2.30. The molecule has 0 spiro atoms. The molecule has 18 heavy (non-hydrogen) atoms. The van der Waals surface area contributed by atoms with Gasteiger partial charge in [-0.2, -0.15) is 0 Å². The van der Waals surface area contributed by atoms with E-state index in [4.69, 9.17) is 0 Å². The quantitative estimate of drug-likeness (QED) is 0.840. The van der Waals surface area contributed by atoms with Crippen LogP contribution in [0.5, 0.6) is 0 Å². The van der Waals surface area contributed by atoms with Crippen molar-refractivity contribution in [3.63, 3.8) is 0 Å². The van der Waals surface area contributed by atoms with E-state index in [9.17, 15) is 9.18 Å². The number of benzene rings is 1. The standard InChI is InChI=1S/C13H14BrFN2O/c14-12-10(2-1-3-11(12)15)13(18)17-8-9-4-6-16-7-5-9/h1-4,16H,5-8H2,(H,17,18). The van der Waals surface area contributed by atoms with Crippen LogP contribution in [0.2, 0.25) is 0 Å². The van der Waals surface area contributed by atoms with Gasteiger partial charge in [-0.1, -0.05) is 17.7 Å². The predicted molar refractivity (Wildman–Crippen MR) is 72.0 cm³/mol. The first kappa shape index (κ1) is 13.2. The smallest absolute Gasteiger partial charge is 0.252 e. The summed E-state index contributed by atoms with van der Waals surface area (Å²) >= 11 is 3.09. The Labute approximate surface area is 114 Å². The fourth-order valence-electron chi connectivity index (χ4n) is 1.80. The summed E-state index contributed by atoms with van der Waals surface area (Å²) in [5.41, 5.74) is 1.53. The van der Waals surface area contributed by atoms with Gasteiger partial charge in [0.05, 0.1) is 10.0 Å². The Bertz CT molecular complexity index is 488.